The molecule has 2 heterocycles. The second-order valence-corrected chi connectivity index (χ2v) is 5.94. The van der Waals surface area contributed by atoms with Gasteiger partial charge in [-0.25, -0.2) is 4.98 Å². The molecular weight excluding hydrogens is 300 g/mol. The fourth-order valence-corrected chi connectivity index (χ4v) is 2.92. The molecule has 1 fully saturated rings. The smallest absolute Gasteiger partial charge is 0.254 e. The highest BCUT2D eigenvalue weighted by Gasteiger charge is 2.24. The normalized spacial score (nSPS) is 18.2. The summed E-state index contributed by atoms with van der Waals surface area (Å²) in [5.41, 5.74) is 3.31. The van der Waals surface area contributed by atoms with Crippen LogP contribution in [-0.4, -0.2) is 41.6 Å². The first-order valence-corrected chi connectivity index (χ1v) is 8.17. The molecule has 0 spiro atoms. The van der Waals surface area contributed by atoms with Crippen molar-refractivity contribution in [3.05, 3.63) is 46.4 Å². The highest BCUT2D eigenvalue weighted by Crippen LogP contribution is 2.18. The highest BCUT2D eigenvalue weighted by atomic mass is 32.1. The van der Waals surface area contributed by atoms with Crippen molar-refractivity contribution in [2.45, 2.75) is 19.6 Å². The van der Waals surface area contributed by atoms with Gasteiger partial charge >= 0.3 is 0 Å². The van der Waals surface area contributed by atoms with E-state index in [4.69, 9.17) is 9.47 Å². The van der Waals surface area contributed by atoms with Gasteiger partial charge in [0.15, 0.2) is 0 Å². The number of thiazole rings is 1. The number of rotatable bonds is 4. The average molecular weight is 318 g/mol. The van der Waals surface area contributed by atoms with Crippen LogP contribution in [0.15, 0.2) is 35.2 Å². The Morgan fingerprint density at radius 2 is 2.45 bits per heavy atom. The molecule has 0 unspecified atom stereocenters. The highest BCUT2D eigenvalue weighted by molar-refractivity contribution is 7.07. The molecule has 0 saturated carbocycles. The zero-order valence-electron chi connectivity index (χ0n) is 12.4. The Bertz CT molecular complexity index is 630. The van der Waals surface area contributed by atoms with Crippen molar-refractivity contribution in [1.29, 1.82) is 0 Å². The number of aromatic nitrogens is 1. The number of nitrogens with zero attached hydrogens (tertiary/aromatic N) is 2. The Balaban J connectivity index is 1.68. The standard InChI is InChI=1S/C16H18N2O3S/c1-12-8-20-6-5-18(12)16(19)13-3-2-4-15(7-13)21-9-14-10-22-11-17-14/h2-4,7,10-12H,5-6,8-9H2,1H3/t12-/m0/s1. The second-order valence-electron chi connectivity index (χ2n) is 5.22. The molecule has 6 heteroatoms. The van der Waals surface area contributed by atoms with Crippen LogP contribution in [0.25, 0.3) is 0 Å². The summed E-state index contributed by atoms with van der Waals surface area (Å²) in [6.45, 7) is 4.22. The van der Waals surface area contributed by atoms with E-state index in [1.165, 1.54) is 11.3 Å². The van der Waals surface area contributed by atoms with Gasteiger partial charge in [0, 0.05) is 17.5 Å². The first kappa shape index (κ1) is 15.0. The minimum Gasteiger partial charge on any atom is -0.487 e. The minimum absolute atomic E-state index is 0.0231. The summed E-state index contributed by atoms with van der Waals surface area (Å²) in [5.74, 6) is 0.703. The minimum atomic E-state index is 0.0231. The molecule has 3 rings (SSSR count). The van der Waals surface area contributed by atoms with Gasteiger partial charge in [0.25, 0.3) is 5.91 Å². The van der Waals surface area contributed by atoms with Gasteiger partial charge in [-0.15, -0.1) is 11.3 Å². The molecule has 116 valence electrons. The lowest BCUT2D eigenvalue weighted by atomic mass is 10.1. The van der Waals surface area contributed by atoms with Gasteiger partial charge in [-0.05, 0) is 25.1 Å². The van der Waals surface area contributed by atoms with E-state index in [0.717, 1.165) is 5.69 Å². The predicted molar refractivity (Wildman–Crippen MR) is 84.2 cm³/mol. The molecule has 0 bridgehead atoms. The first-order valence-electron chi connectivity index (χ1n) is 7.22. The predicted octanol–water partition coefficient (Wildman–Crippen LogP) is 2.58. The van der Waals surface area contributed by atoms with Gasteiger partial charge < -0.3 is 14.4 Å². The SMILES string of the molecule is C[C@H]1COCCN1C(=O)c1cccc(OCc2cscn2)c1. The number of amides is 1. The van der Waals surface area contributed by atoms with Crippen LogP contribution in [0.5, 0.6) is 5.75 Å². The van der Waals surface area contributed by atoms with Crippen LogP contribution in [0.3, 0.4) is 0 Å². The van der Waals surface area contributed by atoms with E-state index >= 15 is 0 Å². The fraction of sp³-hybridized carbons (Fsp3) is 0.375. The number of carbonyl (C=O) groups is 1. The van der Waals surface area contributed by atoms with Crippen molar-refractivity contribution >= 4 is 17.2 Å². The fourth-order valence-electron chi connectivity index (χ4n) is 2.38. The van der Waals surface area contributed by atoms with Gasteiger partial charge in [-0.1, -0.05) is 6.07 Å². The van der Waals surface area contributed by atoms with Crippen molar-refractivity contribution in [3.8, 4) is 5.75 Å². The quantitative estimate of drug-likeness (QED) is 0.869. The van der Waals surface area contributed by atoms with E-state index in [0.29, 0.717) is 37.7 Å². The summed E-state index contributed by atoms with van der Waals surface area (Å²) < 4.78 is 11.1. The van der Waals surface area contributed by atoms with Crippen LogP contribution in [0.1, 0.15) is 23.0 Å². The molecular formula is C16H18N2O3S. The van der Waals surface area contributed by atoms with Crippen molar-refractivity contribution < 1.29 is 14.3 Å². The Labute approximate surface area is 133 Å². The van der Waals surface area contributed by atoms with Crippen molar-refractivity contribution in [2.24, 2.45) is 0 Å². The van der Waals surface area contributed by atoms with Crippen LogP contribution in [0.4, 0.5) is 0 Å². The molecule has 0 radical (unpaired) electrons. The zero-order valence-corrected chi connectivity index (χ0v) is 13.2. The van der Waals surface area contributed by atoms with Crippen LogP contribution >= 0.6 is 11.3 Å². The van der Waals surface area contributed by atoms with Crippen molar-refractivity contribution in [2.75, 3.05) is 19.8 Å². The summed E-state index contributed by atoms with van der Waals surface area (Å²) in [6.07, 6.45) is 0. The topological polar surface area (TPSA) is 51.7 Å². The lowest BCUT2D eigenvalue weighted by Gasteiger charge is -2.33. The summed E-state index contributed by atoms with van der Waals surface area (Å²) >= 11 is 1.54. The first-order chi connectivity index (χ1) is 10.7. The average Bonchev–Trinajstić information content (AvgIpc) is 3.06. The molecule has 1 amide bonds. The van der Waals surface area contributed by atoms with Crippen LogP contribution < -0.4 is 4.74 Å². The Morgan fingerprint density at radius 1 is 1.55 bits per heavy atom. The molecule has 5 nitrogen and oxygen atoms in total. The molecule has 1 aromatic heterocycles. The maximum absolute atomic E-state index is 12.6. The lowest BCUT2D eigenvalue weighted by Crippen LogP contribution is -2.47. The summed E-state index contributed by atoms with van der Waals surface area (Å²) in [6, 6.07) is 7.40. The van der Waals surface area contributed by atoms with E-state index in [2.05, 4.69) is 4.98 Å². The molecule has 0 aliphatic carbocycles. The van der Waals surface area contributed by atoms with Gasteiger partial charge in [-0.2, -0.15) is 0 Å². The van der Waals surface area contributed by atoms with Gasteiger partial charge in [-0.3, -0.25) is 4.79 Å². The van der Waals surface area contributed by atoms with E-state index in [9.17, 15) is 4.79 Å². The summed E-state index contributed by atoms with van der Waals surface area (Å²) in [4.78, 5) is 18.6. The lowest BCUT2D eigenvalue weighted by molar-refractivity contribution is 0.00357. The van der Waals surface area contributed by atoms with Crippen LogP contribution in [0, 0.1) is 0 Å². The van der Waals surface area contributed by atoms with Crippen LogP contribution in [0.2, 0.25) is 0 Å². The Hall–Kier alpha value is -1.92. The second kappa shape index (κ2) is 6.89. The third kappa shape index (κ3) is 3.45. The molecule has 2 aromatic rings. The van der Waals surface area contributed by atoms with Gasteiger partial charge in [0.1, 0.15) is 12.4 Å². The molecule has 1 saturated heterocycles. The van der Waals surface area contributed by atoms with Gasteiger partial charge in [0.2, 0.25) is 0 Å². The van der Waals surface area contributed by atoms with E-state index < -0.39 is 0 Å². The summed E-state index contributed by atoms with van der Waals surface area (Å²) in [7, 11) is 0. The molecule has 1 aliphatic rings. The molecule has 1 aliphatic heterocycles. The number of morpholine rings is 1. The molecule has 0 N–H and O–H groups in total. The maximum Gasteiger partial charge on any atom is 0.254 e. The Kier molecular flexibility index (Phi) is 4.70. The van der Waals surface area contributed by atoms with E-state index in [1.54, 1.807) is 11.6 Å². The number of benzene rings is 1. The zero-order chi connectivity index (χ0) is 15.4. The monoisotopic (exact) mass is 318 g/mol. The Morgan fingerprint density at radius 3 is 3.23 bits per heavy atom. The summed E-state index contributed by atoms with van der Waals surface area (Å²) in [5, 5.41) is 1.95. The number of hydrogen-bond acceptors (Lipinski definition) is 5. The van der Waals surface area contributed by atoms with Crippen molar-refractivity contribution in [3.63, 3.8) is 0 Å². The molecule has 22 heavy (non-hydrogen) atoms. The third-order valence-electron chi connectivity index (χ3n) is 3.58. The largest absolute Gasteiger partial charge is 0.487 e. The molecule has 1 aromatic carbocycles. The van der Waals surface area contributed by atoms with Crippen LogP contribution in [-0.2, 0) is 11.3 Å². The number of ether oxygens (including phenoxy) is 2. The van der Waals surface area contributed by atoms with Crippen molar-refractivity contribution in [1.82, 2.24) is 9.88 Å². The number of hydrogen-bond donors (Lipinski definition) is 0. The van der Waals surface area contributed by atoms with E-state index in [-0.39, 0.29) is 11.9 Å². The van der Waals surface area contributed by atoms with E-state index in [1.807, 2.05) is 35.4 Å². The number of carbonyl (C=O) groups excluding carboxylic acids is 1. The third-order valence-corrected chi connectivity index (χ3v) is 4.21. The maximum atomic E-state index is 12.6. The van der Waals surface area contributed by atoms with Gasteiger partial charge in [0.05, 0.1) is 30.5 Å². The molecule has 1 atom stereocenters.